The molecule has 1 aromatic carbocycles. The number of carbonyl (C=O) groups is 1. The molecule has 20 heavy (non-hydrogen) atoms. The minimum atomic E-state index is -0.319. The third kappa shape index (κ3) is 3.03. The Bertz CT molecular complexity index is 606. The number of nitrogens with two attached hydrogens (primary N) is 1. The molecule has 0 aliphatic rings. The van der Waals surface area contributed by atoms with E-state index in [1.807, 2.05) is 6.92 Å². The summed E-state index contributed by atoms with van der Waals surface area (Å²) in [4.78, 5) is 11.9. The van der Waals surface area contributed by atoms with E-state index in [1.165, 1.54) is 12.1 Å². The molecule has 6 heteroatoms. The van der Waals surface area contributed by atoms with Crippen LogP contribution in [0, 0.1) is 18.7 Å². The number of aromatic nitrogens is 2. The standard InChI is InChI=1S/C14H17FN4O/c1-9(8-16)14(20)17-13-7-10(2)18-19(13)12-5-3-11(15)4-6-12/h3-7,9H,8,16H2,1-2H3,(H,17,20). The summed E-state index contributed by atoms with van der Waals surface area (Å²) in [6.45, 7) is 3.85. The minimum Gasteiger partial charge on any atom is -0.330 e. The molecule has 1 heterocycles. The number of benzene rings is 1. The van der Waals surface area contributed by atoms with E-state index in [0.29, 0.717) is 11.5 Å². The summed E-state index contributed by atoms with van der Waals surface area (Å²) in [6.07, 6.45) is 0. The quantitative estimate of drug-likeness (QED) is 0.895. The number of hydrogen-bond donors (Lipinski definition) is 2. The van der Waals surface area contributed by atoms with Crippen LogP contribution in [0.1, 0.15) is 12.6 Å². The van der Waals surface area contributed by atoms with E-state index in [0.717, 1.165) is 5.69 Å². The average Bonchev–Trinajstić information content (AvgIpc) is 2.79. The van der Waals surface area contributed by atoms with Crippen molar-refractivity contribution in [1.82, 2.24) is 9.78 Å². The third-order valence-electron chi connectivity index (χ3n) is 2.96. The largest absolute Gasteiger partial charge is 0.330 e. The van der Waals surface area contributed by atoms with E-state index in [9.17, 15) is 9.18 Å². The highest BCUT2D eigenvalue weighted by molar-refractivity contribution is 5.92. The minimum absolute atomic E-state index is 0.171. The van der Waals surface area contributed by atoms with Crippen LogP contribution in [0.3, 0.4) is 0 Å². The van der Waals surface area contributed by atoms with Crippen LogP contribution >= 0.6 is 0 Å². The van der Waals surface area contributed by atoms with Crippen molar-refractivity contribution in [3.05, 3.63) is 41.8 Å². The van der Waals surface area contributed by atoms with Crippen molar-refractivity contribution in [1.29, 1.82) is 0 Å². The molecule has 0 fully saturated rings. The van der Waals surface area contributed by atoms with Crippen LogP contribution in [0.2, 0.25) is 0 Å². The molecule has 1 amide bonds. The van der Waals surface area contributed by atoms with Gasteiger partial charge in [0.25, 0.3) is 0 Å². The number of amides is 1. The normalized spacial score (nSPS) is 12.2. The molecule has 1 unspecified atom stereocenters. The number of nitrogens with one attached hydrogen (secondary N) is 1. The van der Waals surface area contributed by atoms with E-state index >= 15 is 0 Å². The number of nitrogens with zero attached hydrogens (tertiary/aromatic N) is 2. The first-order valence-electron chi connectivity index (χ1n) is 6.35. The molecule has 0 saturated heterocycles. The molecule has 3 N–H and O–H groups in total. The SMILES string of the molecule is Cc1cc(NC(=O)C(C)CN)n(-c2ccc(F)cc2)n1. The number of hydrogen-bond acceptors (Lipinski definition) is 3. The van der Waals surface area contributed by atoms with Gasteiger partial charge in [0.1, 0.15) is 11.6 Å². The van der Waals surface area contributed by atoms with Crippen molar-refractivity contribution in [2.24, 2.45) is 11.7 Å². The fraction of sp³-hybridized carbons (Fsp3) is 0.286. The summed E-state index contributed by atoms with van der Waals surface area (Å²) in [7, 11) is 0. The van der Waals surface area contributed by atoms with Crippen LogP contribution in [-0.4, -0.2) is 22.2 Å². The van der Waals surface area contributed by atoms with Gasteiger partial charge in [0.2, 0.25) is 5.91 Å². The topological polar surface area (TPSA) is 72.9 Å². The highest BCUT2D eigenvalue weighted by Crippen LogP contribution is 2.18. The summed E-state index contributed by atoms with van der Waals surface area (Å²) in [5, 5.41) is 7.08. The monoisotopic (exact) mass is 276 g/mol. The van der Waals surface area contributed by atoms with Gasteiger partial charge in [0.05, 0.1) is 11.4 Å². The van der Waals surface area contributed by atoms with Gasteiger partial charge >= 0.3 is 0 Å². The molecule has 0 aliphatic carbocycles. The Morgan fingerprint density at radius 3 is 2.70 bits per heavy atom. The van der Waals surface area contributed by atoms with Gasteiger partial charge in [-0.3, -0.25) is 4.79 Å². The molecule has 0 bridgehead atoms. The number of carbonyl (C=O) groups excluding carboxylic acids is 1. The maximum Gasteiger partial charge on any atom is 0.229 e. The summed E-state index contributed by atoms with van der Waals surface area (Å²) < 4.78 is 14.5. The predicted molar refractivity (Wildman–Crippen MR) is 75.1 cm³/mol. The van der Waals surface area contributed by atoms with Crippen molar-refractivity contribution < 1.29 is 9.18 Å². The first-order chi connectivity index (χ1) is 9.51. The molecule has 0 spiro atoms. The van der Waals surface area contributed by atoms with Crippen LogP contribution < -0.4 is 11.1 Å². The second-order valence-electron chi connectivity index (χ2n) is 4.69. The lowest BCUT2D eigenvalue weighted by atomic mass is 10.2. The van der Waals surface area contributed by atoms with E-state index in [2.05, 4.69) is 10.4 Å². The van der Waals surface area contributed by atoms with Gasteiger partial charge in [-0.15, -0.1) is 0 Å². The molecular formula is C14H17FN4O. The Balaban J connectivity index is 2.31. The second kappa shape index (κ2) is 5.83. The van der Waals surface area contributed by atoms with E-state index in [-0.39, 0.29) is 24.2 Å². The number of rotatable bonds is 4. The lowest BCUT2D eigenvalue weighted by Gasteiger charge is -2.11. The highest BCUT2D eigenvalue weighted by Gasteiger charge is 2.15. The fourth-order valence-electron chi connectivity index (χ4n) is 1.72. The second-order valence-corrected chi connectivity index (χ2v) is 4.69. The Labute approximate surface area is 116 Å². The van der Waals surface area contributed by atoms with Gasteiger partial charge < -0.3 is 11.1 Å². The predicted octanol–water partition coefficient (Wildman–Crippen LogP) is 1.85. The molecule has 0 saturated carbocycles. The molecule has 5 nitrogen and oxygen atoms in total. The average molecular weight is 276 g/mol. The lowest BCUT2D eigenvalue weighted by Crippen LogP contribution is -2.27. The van der Waals surface area contributed by atoms with Crippen LogP contribution in [0.5, 0.6) is 0 Å². The van der Waals surface area contributed by atoms with Crippen LogP contribution in [-0.2, 0) is 4.79 Å². The smallest absolute Gasteiger partial charge is 0.229 e. The van der Waals surface area contributed by atoms with Crippen molar-refractivity contribution in [3.63, 3.8) is 0 Å². The van der Waals surface area contributed by atoms with E-state index in [1.54, 1.807) is 29.8 Å². The van der Waals surface area contributed by atoms with E-state index < -0.39 is 0 Å². The number of anilines is 1. The third-order valence-corrected chi connectivity index (χ3v) is 2.96. The summed E-state index contributed by atoms with van der Waals surface area (Å²) in [5.74, 6) is -0.234. The molecule has 1 aromatic heterocycles. The van der Waals surface area contributed by atoms with Gasteiger partial charge in [-0.2, -0.15) is 5.10 Å². The van der Waals surface area contributed by atoms with Gasteiger partial charge in [0, 0.05) is 18.5 Å². The summed E-state index contributed by atoms with van der Waals surface area (Å²) in [5.41, 5.74) is 6.90. The Hall–Kier alpha value is -2.21. The summed E-state index contributed by atoms with van der Waals surface area (Å²) >= 11 is 0. The van der Waals surface area contributed by atoms with Gasteiger partial charge in [-0.1, -0.05) is 6.92 Å². The molecule has 0 aliphatic heterocycles. The Kier molecular flexibility index (Phi) is 4.14. The first-order valence-corrected chi connectivity index (χ1v) is 6.35. The van der Waals surface area contributed by atoms with Gasteiger partial charge in [-0.05, 0) is 31.2 Å². The van der Waals surface area contributed by atoms with Crippen LogP contribution in [0.15, 0.2) is 30.3 Å². The fourth-order valence-corrected chi connectivity index (χ4v) is 1.72. The van der Waals surface area contributed by atoms with Crippen LogP contribution in [0.4, 0.5) is 10.2 Å². The summed E-state index contributed by atoms with van der Waals surface area (Å²) in [6, 6.07) is 7.65. The Morgan fingerprint density at radius 2 is 2.10 bits per heavy atom. The number of halogens is 1. The maximum absolute atomic E-state index is 13.0. The van der Waals surface area contributed by atoms with Gasteiger partial charge in [-0.25, -0.2) is 9.07 Å². The highest BCUT2D eigenvalue weighted by atomic mass is 19.1. The Morgan fingerprint density at radius 1 is 1.45 bits per heavy atom. The van der Waals surface area contributed by atoms with Crippen molar-refractivity contribution in [2.45, 2.75) is 13.8 Å². The maximum atomic E-state index is 13.0. The molecule has 2 aromatic rings. The van der Waals surface area contributed by atoms with Crippen molar-refractivity contribution >= 4 is 11.7 Å². The zero-order valence-corrected chi connectivity index (χ0v) is 11.4. The molecular weight excluding hydrogens is 259 g/mol. The van der Waals surface area contributed by atoms with E-state index in [4.69, 9.17) is 5.73 Å². The van der Waals surface area contributed by atoms with Gasteiger partial charge in [0.15, 0.2) is 0 Å². The molecule has 0 radical (unpaired) electrons. The van der Waals surface area contributed by atoms with Crippen LogP contribution in [0.25, 0.3) is 5.69 Å². The van der Waals surface area contributed by atoms with Crippen molar-refractivity contribution in [3.8, 4) is 5.69 Å². The zero-order chi connectivity index (χ0) is 14.7. The molecule has 2 rings (SSSR count). The first kappa shape index (κ1) is 14.2. The molecule has 1 atom stereocenters. The number of aryl methyl sites for hydroxylation is 1. The zero-order valence-electron chi connectivity index (χ0n) is 11.4. The van der Waals surface area contributed by atoms with Crippen molar-refractivity contribution in [2.75, 3.05) is 11.9 Å². The molecule has 106 valence electrons. The lowest BCUT2D eigenvalue weighted by molar-refractivity contribution is -0.119.